The first-order valence-corrected chi connectivity index (χ1v) is 4.89. The van der Waals surface area contributed by atoms with E-state index in [9.17, 15) is 4.79 Å². The van der Waals surface area contributed by atoms with E-state index in [-0.39, 0.29) is 17.4 Å². The second-order valence-corrected chi connectivity index (χ2v) is 4.74. The second-order valence-electron chi connectivity index (χ2n) is 4.74. The molecule has 14 heavy (non-hydrogen) atoms. The number of rotatable bonds is 4. The average molecular weight is 198 g/mol. The summed E-state index contributed by atoms with van der Waals surface area (Å²) in [4.78, 5) is 13.2. The monoisotopic (exact) mass is 198 g/mol. The van der Waals surface area contributed by atoms with E-state index in [0.29, 0.717) is 13.0 Å². The fraction of sp³-hybridized carbons (Fsp3) is 0.727. The van der Waals surface area contributed by atoms with E-state index in [4.69, 9.17) is 5.73 Å². The van der Waals surface area contributed by atoms with Crippen LogP contribution in [0.2, 0.25) is 0 Å². The van der Waals surface area contributed by atoms with Gasteiger partial charge in [0.1, 0.15) is 0 Å². The van der Waals surface area contributed by atoms with Crippen LogP contribution in [0.3, 0.4) is 0 Å². The number of nitrogens with zero attached hydrogens (tertiary/aromatic N) is 1. The molecule has 82 valence electrons. The van der Waals surface area contributed by atoms with Crippen molar-refractivity contribution >= 4 is 5.91 Å². The summed E-state index contributed by atoms with van der Waals surface area (Å²) in [5.41, 5.74) is 5.89. The zero-order valence-corrected chi connectivity index (χ0v) is 9.71. The fourth-order valence-corrected chi connectivity index (χ4v) is 0.946. The number of nitrogens with two attached hydrogens (primary N) is 1. The summed E-state index contributed by atoms with van der Waals surface area (Å²) in [7, 11) is 1.76. The number of hydrogen-bond acceptors (Lipinski definition) is 2. The normalized spacial score (nSPS) is 13.5. The molecule has 1 amide bonds. The van der Waals surface area contributed by atoms with E-state index in [0.717, 1.165) is 0 Å². The molecule has 0 aliphatic carbocycles. The molecule has 0 spiro atoms. The molecular formula is C11H22N2O. The minimum atomic E-state index is -0.0951. The Hall–Kier alpha value is -0.830. The number of amides is 1. The van der Waals surface area contributed by atoms with Gasteiger partial charge in [0.05, 0.1) is 0 Å². The van der Waals surface area contributed by atoms with Crippen molar-refractivity contribution in [1.82, 2.24) is 4.90 Å². The van der Waals surface area contributed by atoms with Gasteiger partial charge in [0.25, 0.3) is 0 Å². The Kier molecular flexibility index (Phi) is 4.85. The van der Waals surface area contributed by atoms with Crippen LogP contribution in [0.25, 0.3) is 0 Å². The van der Waals surface area contributed by atoms with Crippen LogP contribution >= 0.6 is 0 Å². The van der Waals surface area contributed by atoms with Gasteiger partial charge in [-0.05, 0) is 5.41 Å². The van der Waals surface area contributed by atoms with E-state index in [1.54, 1.807) is 18.0 Å². The van der Waals surface area contributed by atoms with Gasteiger partial charge in [0.2, 0.25) is 5.91 Å². The zero-order chi connectivity index (χ0) is 11.4. The van der Waals surface area contributed by atoms with Crippen LogP contribution in [0, 0.1) is 5.41 Å². The van der Waals surface area contributed by atoms with E-state index in [1.807, 2.05) is 20.8 Å². The molecule has 0 saturated carbocycles. The van der Waals surface area contributed by atoms with Gasteiger partial charge in [-0.2, -0.15) is 0 Å². The number of carbonyl (C=O) groups is 1. The lowest BCUT2D eigenvalue weighted by Crippen LogP contribution is -2.40. The highest BCUT2D eigenvalue weighted by Gasteiger charge is 2.24. The Labute approximate surface area is 87.0 Å². The van der Waals surface area contributed by atoms with Crippen molar-refractivity contribution in [2.24, 2.45) is 11.1 Å². The molecule has 1 atom stereocenters. The maximum atomic E-state index is 11.6. The lowest BCUT2D eigenvalue weighted by molar-refractivity contribution is -0.130. The highest BCUT2D eigenvalue weighted by atomic mass is 16.2. The van der Waals surface area contributed by atoms with Gasteiger partial charge in [-0.25, -0.2) is 0 Å². The Morgan fingerprint density at radius 3 is 2.43 bits per heavy atom. The van der Waals surface area contributed by atoms with Gasteiger partial charge in [0, 0.05) is 26.1 Å². The average Bonchev–Trinajstić information content (AvgIpc) is 2.02. The highest BCUT2D eigenvalue weighted by Crippen LogP contribution is 2.20. The van der Waals surface area contributed by atoms with Crippen molar-refractivity contribution < 1.29 is 4.79 Å². The quantitative estimate of drug-likeness (QED) is 0.694. The summed E-state index contributed by atoms with van der Waals surface area (Å²) in [5, 5.41) is 0. The molecule has 0 saturated heterocycles. The molecule has 0 radical (unpaired) electrons. The summed E-state index contributed by atoms with van der Waals surface area (Å²) in [5.74, 6) is 0.0762. The molecule has 0 rings (SSSR count). The van der Waals surface area contributed by atoms with E-state index in [2.05, 4.69) is 6.58 Å². The number of hydrogen-bond donors (Lipinski definition) is 1. The van der Waals surface area contributed by atoms with Gasteiger partial charge < -0.3 is 10.6 Å². The minimum Gasteiger partial charge on any atom is -0.342 e. The predicted molar refractivity (Wildman–Crippen MR) is 59.9 cm³/mol. The SMILES string of the molecule is C=CCN(C)C(=O)CC(N)C(C)(C)C. The third kappa shape index (κ3) is 4.42. The Morgan fingerprint density at radius 2 is 2.07 bits per heavy atom. The third-order valence-electron chi connectivity index (χ3n) is 2.34. The molecule has 0 heterocycles. The summed E-state index contributed by atoms with van der Waals surface area (Å²) in [6.45, 7) is 10.3. The zero-order valence-electron chi connectivity index (χ0n) is 9.71. The molecule has 0 fully saturated rings. The van der Waals surface area contributed by atoms with E-state index < -0.39 is 0 Å². The predicted octanol–water partition coefficient (Wildman–Crippen LogP) is 1.39. The van der Waals surface area contributed by atoms with Crippen molar-refractivity contribution in [3.8, 4) is 0 Å². The van der Waals surface area contributed by atoms with Crippen LogP contribution in [-0.2, 0) is 4.79 Å². The molecule has 3 heteroatoms. The van der Waals surface area contributed by atoms with E-state index in [1.165, 1.54) is 0 Å². The molecular weight excluding hydrogens is 176 g/mol. The van der Waals surface area contributed by atoms with Gasteiger partial charge in [0.15, 0.2) is 0 Å². The van der Waals surface area contributed by atoms with Crippen LogP contribution in [0.1, 0.15) is 27.2 Å². The molecule has 0 aromatic carbocycles. The molecule has 1 unspecified atom stereocenters. The first kappa shape index (κ1) is 13.2. The summed E-state index contributed by atoms with van der Waals surface area (Å²) in [6.07, 6.45) is 2.11. The fourth-order valence-electron chi connectivity index (χ4n) is 0.946. The van der Waals surface area contributed by atoms with E-state index >= 15 is 0 Å². The van der Waals surface area contributed by atoms with Crippen LogP contribution in [-0.4, -0.2) is 30.4 Å². The van der Waals surface area contributed by atoms with Crippen molar-refractivity contribution in [3.63, 3.8) is 0 Å². The Morgan fingerprint density at radius 1 is 1.57 bits per heavy atom. The van der Waals surface area contributed by atoms with Crippen LogP contribution in [0.5, 0.6) is 0 Å². The lowest BCUT2D eigenvalue weighted by Gasteiger charge is -2.28. The van der Waals surface area contributed by atoms with Gasteiger partial charge in [-0.3, -0.25) is 4.79 Å². The molecule has 0 aliphatic rings. The minimum absolute atomic E-state index is 0.0231. The first-order valence-electron chi connectivity index (χ1n) is 4.89. The Bertz CT molecular complexity index is 206. The first-order chi connectivity index (χ1) is 6.29. The van der Waals surface area contributed by atoms with Gasteiger partial charge >= 0.3 is 0 Å². The summed E-state index contributed by atoms with van der Waals surface area (Å²) in [6, 6.07) is -0.0951. The van der Waals surface area contributed by atoms with Crippen LogP contribution in [0.15, 0.2) is 12.7 Å². The lowest BCUT2D eigenvalue weighted by atomic mass is 9.85. The maximum absolute atomic E-state index is 11.6. The largest absolute Gasteiger partial charge is 0.342 e. The summed E-state index contributed by atoms with van der Waals surface area (Å²) < 4.78 is 0. The molecule has 3 nitrogen and oxygen atoms in total. The maximum Gasteiger partial charge on any atom is 0.224 e. The molecule has 0 bridgehead atoms. The third-order valence-corrected chi connectivity index (χ3v) is 2.34. The molecule has 0 aliphatic heterocycles. The number of likely N-dealkylation sites (N-methyl/N-ethyl adjacent to an activating group) is 1. The molecule has 0 aromatic heterocycles. The van der Waals surface area contributed by atoms with Crippen LogP contribution < -0.4 is 5.73 Å². The molecule has 0 aromatic rings. The molecule has 2 N–H and O–H groups in total. The standard InChI is InChI=1S/C11H22N2O/c1-6-7-13(5)10(14)8-9(12)11(2,3)4/h6,9H,1,7-8,12H2,2-5H3. The topological polar surface area (TPSA) is 46.3 Å². The van der Waals surface area contributed by atoms with Crippen molar-refractivity contribution in [2.45, 2.75) is 33.2 Å². The van der Waals surface area contributed by atoms with Crippen molar-refractivity contribution in [1.29, 1.82) is 0 Å². The number of carbonyl (C=O) groups excluding carboxylic acids is 1. The Balaban J connectivity index is 4.12. The smallest absolute Gasteiger partial charge is 0.224 e. The van der Waals surface area contributed by atoms with Gasteiger partial charge in [-0.1, -0.05) is 26.8 Å². The highest BCUT2D eigenvalue weighted by molar-refractivity contribution is 5.76. The van der Waals surface area contributed by atoms with Crippen LogP contribution in [0.4, 0.5) is 0 Å². The van der Waals surface area contributed by atoms with Crippen molar-refractivity contribution in [2.75, 3.05) is 13.6 Å². The second kappa shape index (κ2) is 5.15. The summed E-state index contributed by atoms with van der Waals surface area (Å²) >= 11 is 0. The van der Waals surface area contributed by atoms with Gasteiger partial charge in [-0.15, -0.1) is 6.58 Å². The van der Waals surface area contributed by atoms with Crippen molar-refractivity contribution in [3.05, 3.63) is 12.7 Å².